The van der Waals surface area contributed by atoms with Gasteiger partial charge in [0.25, 0.3) is 5.91 Å². The van der Waals surface area contributed by atoms with Gasteiger partial charge in [0.2, 0.25) is 12.7 Å². The lowest BCUT2D eigenvalue weighted by molar-refractivity contribution is -0.132. The first-order valence-electron chi connectivity index (χ1n) is 14.1. The van der Waals surface area contributed by atoms with Crippen LogP contribution in [0, 0.1) is 13.8 Å². The number of nitrogens with zero attached hydrogens (tertiary/aromatic N) is 5. The van der Waals surface area contributed by atoms with Gasteiger partial charge < -0.3 is 24.2 Å². The molecule has 214 valence electrons. The molecule has 0 atom stereocenters. The van der Waals surface area contributed by atoms with Gasteiger partial charge in [0, 0.05) is 43.9 Å². The molecule has 0 saturated carbocycles. The summed E-state index contributed by atoms with van der Waals surface area (Å²) in [6, 6.07) is 25.2. The van der Waals surface area contributed by atoms with E-state index in [-0.39, 0.29) is 31.7 Å². The molecule has 6 rings (SSSR count). The van der Waals surface area contributed by atoms with Crippen molar-refractivity contribution in [1.29, 1.82) is 0 Å². The van der Waals surface area contributed by atoms with Crippen molar-refractivity contribution in [1.82, 2.24) is 20.0 Å². The summed E-state index contributed by atoms with van der Waals surface area (Å²) in [5, 5.41) is 8.89. The third-order valence-corrected chi connectivity index (χ3v) is 7.75. The maximum absolute atomic E-state index is 13.7. The number of carbonyl (C=O) groups is 2. The van der Waals surface area contributed by atoms with Crippen molar-refractivity contribution < 1.29 is 19.1 Å². The van der Waals surface area contributed by atoms with Crippen LogP contribution in [0.25, 0.3) is 11.3 Å². The Hall–Kier alpha value is -4.92. The number of hydrogen-bond donors (Lipinski definition) is 0. The lowest BCUT2D eigenvalue weighted by Gasteiger charge is -2.36. The van der Waals surface area contributed by atoms with Gasteiger partial charge in [-0.25, -0.2) is 0 Å². The number of carbonyl (C=O) groups excluding carboxylic acids is 2. The van der Waals surface area contributed by atoms with Crippen molar-refractivity contribution in [2.24, 2.45) is 0 Å². The van der Waals surface area contributed by atoms with Crippen molar-refractivity contribution in [3.05, 3.63) is 101 Å². The summed E-state index contributed by atoms with van der Waals surface area (Å²) in [6.45, 7) is 6.75. The number of rotatable bonds is 7. The Labute approximate surface area is 245 Å². The molecule has 0 N–H and O–H groups in total. The van der Waals surface area contributed by atoms with Crippen LogP contribution in [0.3, 0.4) is 0 Å². The molecular weight excluding hydrogens is 530 g/mol. The van der Waals surface area contributed by atoms with E-state index in [1.807, 2.05) is 72.5 Å². The molecule has 42 heavy (non-hydrogen) atoms. The van der Waals surface area contributed by atoms with E-state index in [1.165, 1.54) is 5.56 Å². The van der Waals surface area contributed by atoms with Crippen LogP contribution in [0.5, 0.6) is 11.5 Å². The monoisotopic (exact) mass is 563 g/mol. The third-order valence-electron chi connectivity index (χ3n) is 7.75. The van der Waals surface area contributed by atoms with Crippen molar-refractivity contribution in [2.75, 3.05) is 44.4 Å². The molecule has 2 amide bonds. The molecule has 4 aromatic rings. The van der Waals surface area contributed by atoms with Crippen LogP contribution in [0.1, 0.15) is 27.0 Å². The van der Waals surface area contributed by atoms with Crippen LogP contribution in [0.4, 0.5) is 5.82 Å². The number of amides is 2. The summed E-state index contributed by atoms with van der Waals surface area (Å²) in [5.74, 6) is 1.85. The predicted molar refractivity (Wildman–Crippen MR) is 159 cm³/mol. The van der Waals surface area contributed by atoms with E-state index in [0.29, 0.717) is 43.2 Å². The van der Waals surface area contributed by atoms with Crippen LogP contribution < -0.4 is 14.4 Å². The molecule has 0 unspecified atom stereocenters. The molecule has 2 aliphatic heterocycles. The van der Waals surface area contributed by atoms with Crippen LogP contribution in [-0.4, -0.2) is 71.3 Å². The summed E-state index contributed by atoms with van der Waals surface area (Å²) in [5.41, 5.74) is 5.38. The zero-order valence-corrected chi connectivity index (χ0v) is 23.8. The Morgan fingerprint density at radius 3 is 2.33 bits per heavy atom. The molecule has 1 saturated heterocycles. The Morgan fingerprint density at radius 2 is 1.60 bits per heavy atom. The normalized spacial score (nSPS) is 14.1. The second-order valence-electron chi connectivity index (χ2n) is 10.7. The summed E-state index contributed by atoms with van der Waals surface area (Å²) < 4.78 is 11.0. The number of aryl methyl sites for hydroxylation is 2. The molecule has 2 aliphatic rings. The highest BCUT2D eigenvalue weighted by Gasteiger charge is 2.27. The summed E-state index contributed by atoms with van der Waals surface area (Å²) >= 11 is 0. The minimum absolute atomic E-state index is 0.0212. The SMILES string of the molecule is Cc1ccc(-c2ccc(N3CCN(C(=O)CN(Cc4ccc5c(c4)OCO5)C(=O)c4ccccc4C)CC3)nn2)cc1. The second kappa shape index (κ2) is 11.9. The van der Waals surface area contributed by atoms with E-state index in [1.54, 1.807) is 11.0 Å². The molecule has 0 radical (unpaired) electrons. The molecule has 0 spiro atoms. The van der Waals surface area contributed by atoms with Gasteiger partial charge in [-0.1, -0.05) is 54.1 Å². The highest BCUT2D eigenvalue weighted by molar-refractivity contribution is 5.97. The van der Waals surface area contributed by atoms with Crippen LogP contribution in [-0.2, 0) is 11.3 Å². The molecule has 3 aromatic carbocycles. The maximum Gasteiger partial charge on any atom is 0.254 e. The Kier molecular flexibility index (Phi) is 7.72. The Morgan fingerprint density at radius 1 is 0.833 bits per heavy atom. The third kappa shape index (κ3) is 5.90. The average molecular weight is 564 g/mol. The van der Waals surface area contributed by atoms with E-state index in [9.17, 15) is 9.59 Å². The molecule has 9 nitrogen and oxygen atoms in total. The van der Waals surface area contributed by atoms with Gasteiger partial charge in [-0.05, 0) is 55.3 Å². The summed E-state index contributed by atoms with van der Waals surface area (Å²) in [4.78, 5) is 32.8. The van der Waals surface area contributed by atoms with Gasteiger partial charge in [0.1, 0.15) is 6.54 Å². The number of piperazine rings is 1. The van der Waals surface area contributed by atoms with Crippen molar-refractivity contribution in [2.45, 2.75) is 20.4 Å². The molecule has 0 aliphatic carbocycles. The number of benzene rings is 3. The smallest absolute Gasteiger partial charge is 0.254 e. The molecule has 0 bridgehead atoms. The van der Waals surface area contributed by atoms with Gasteiger partial charge in [-0.3, -0.25) is 9.59 Å². The van der Waals surface area contributed by atoms with Gasteiger partial charge in [0.05, 0.1) is 5.69 Å². The van der Waals surface area contributed by atoms with E-state index in [4.69, 9.17) is 9.47 Å². The van der Waals surface area contributed by atoms with Crippen LogP contribution >= 0.6 is 0 Å². The fourth-order valence-electron chi connectivity index (χ4n) is 5.26. The van der Waals surface area contributed by atoms with Crippen molar-refractivity contribution in [3.63, 3.8) is 0 Å². The highest BCUT2D eigenvalue weighted by Crippen LogP contribution is 2.33. The first-order chi connectivity index (χ1) is 20.4. The molecule has 3 heterocycles. The highest BCUT2D eigenvalue weighted by atomic mass is 16.7. The lowest BCUT2D eigenvalue weighted by atomic mass is 10.1. The van der Waals surface area contributed by atoms with Crippen LogP contribution in [0.15, 0.2) is 78.9 Å². The van der Waals surface area contributed by atoms with Gasteiger partial charge in [-0.15, -0.1) is 10.2 Å². The predicted octanol–water partition coefficient (Wildman–Crippen LogP) is 4.48. The fourth-order valence-corrected chi connectivity index (χ4v) is 5.26. The standard InChI is InChI=1S/C33H33N5O4/c1-23-7-10-26(11-8-23)28-12-14-31(35-34-28)36-15-17-37(18-16-36)32(39)21-38(33(40)27-6-4-3-5-24(27)2)20-25-9-13-29-30(19-25)42-22-41-29/h3-14,19H,15-18,20-22H2,1-2H3. The maximum atomic E-state index is 13.7. The van der Waals surface area contributed by atoms with Crippen molar-refractivity contribution >= 4 is 17.6 Å². The summed E-state index contributed by atoms with van der Waals surface area (Å²) in [6.07, 6.45) is 0. The zero-order chi connectivity index (χ0) is 29.1. The number of ether oxygens (including phenoxy) is 2. The largest absolute Gasteiger partial charge is 0.454 e. The van der Waals surface area contributed by atoms with Gasteiger partial charge in [-0.2, -0.15) is 0 Å². The second-order valence-corrected chi connectivity index (χ2v) is 10.7. The van der Waals surface area contributed by atoms with Gasteiger partial charge >= 0.3 is 0 Å². The average Bonchev–Trinajstić information content (AvgIpc) is 3.49. The van der Waals surface area contributed by atoms with E-state index < -0.39 is 0 Å². The first kappa shape index (κ1) is 27.3. The molecule has 1 fully saturated rings. The molecule has 9 heteroatoms. The van der Waals surface area contributed by atoms with E-state index in [0.717, 1.165) is 28.2 Å². The lowest BCUT2D eigenvalue weighted by Crippen LogP contribution is -2.52. The Balaban J connectivity index is 1.11. The van der Waals surface area contributed by atoms with Crippen molar-refractivity contribution in [3.8, 4) is 22.8 Å². The topological polar surface area (TPSA) is 88.1 Å². The fraction of sp³-hybridized carbons (Fsp3) is 0.273. The quantitative estimate of drug-likeness (QED) is 0.328. The molecular formula is C33H33N5O4. The summed E-state index contributed by atoms with van der Waals surface area (Å²) in [7, 11) is 0. The minimum Gasteiger partial charge on any atom is -0.454 e. The van der Waals surface area contributed by atoms with E-state index >= 15 is 0 Å². The van der Waals surface area contributed by atoms with Crippen LogP contribution in [0.2, 0.25) is 0 Å². The number of anilines is 1. The Bertz CT molecular complexity index is 1580. The zero-order valence-electron chi connectivity index (χ0n) is 23.8. The first-order valence-corrected chi connectivity index (χ1v) is 14.1. The minimum atomic E-state index is -0.179. The molecule has 1 aromatic heterocycles. The number of hydrogen-bond acceptors (Lipinski definition) is 7. The number of fused-ring (bicyclic) bond motifs is 1. The number of aromatic nitrogens is 2. The van der Waals surface area contributed by atoms with E-state index in [2.05, 4.69) is 34.2 Å². The van der Waals surface area contributed by atoms with Gasteiger partial charge in [0.15, 0.2) is 17.3 Å².